The second kappa shape index (κ2) is 10.1. The summed E-state index contributed by atoms with van der Waals surface area (Å²) < 4.78 is 0. The van der Waals surface area contributed by atoms with Crippen molar-refractivity contribution in [2.75, 3.05) is 25.9 Å². The van der Waals surface area contributed by atoms with Gasteiger partial charge in [-0.05, 0) is 19.9 Å². The molecule has 0 radical (unpaired) electrons. The molecule has 0 spiro atoms. The van der Waals surface area contributed by atoms with E-state index >= 15 is 0 Å². The zero-order valence-corrected chi connectivity index (χ0v) is 14.6. The Kier molecular flexibility index (Phi) is 8.85. The van der Waals surface area contributed by atoms with Gasteiger partial charge in [0.15, 0.2) is 0 Å². The Morgan fingerprint density at radius 1 is 1.33 bits per heavy atom. The molecule has 2 aliphatic rings. The highest BCUT2D eigenvalue weighted by atomic mass is 32.2. The molecule has 1 heterocycles. The standard InChI is InChI=1S/C14H25N3OS.C2H6/c1-17-8-7-12(15)13(9-17)19-10-14(18)16-11-5-3-2-4-6-11;1-2/h11H,2-10,15H2,1H3,(H,16,18);1-2H3. The predicted molar refractivity (Wildman–Crippen MR) is 92.1 cm³/mol. The SMILES string of the molecule is CC.CN1CCC(N)=C(SCC(=O)NC2CCCCC2)C1. The summed E-state index contributed by atoms with van der Waals surface area (Å²) in [5, 5.41) is 3.15. The van der Waals surface area contributed by atoms with Crippen LogP contribution in [0.1, 0.15) is 52.4 Å². The van der Waals surface area contributed by atoms with Crippen molar-refractivity contribution < 1.29 is 4.79 Å². The van der Waals surface area contributed by atoms with E-state index in [1.807, 2.05) is 13.8 Å². The zero-order valence-electron chi connectivity index (χ0n) is 13.8. The Hall–Kier alpha value is -0.680. The van der Waals surface area contributed by atoms with Crippen LogP contribution in [0.25, 0.3) is 0 Å². The summed E-state index contributed by atoms with van der Waals surface area (Å²) >= 11 is 1.61. The van der Waals surface area contributed by atoms with Crippen molar-refractivity contribution in [2.24, 2.45) is 5.73 Å². The number of nitrogens with zero attached hydrogens (tertiary/aromatic N) is 1. The van der Waals surface area contributed by atoms with E-state index in [0.29, 0.717) is 11.8 Å². The minimum atomic E-state index is 0.158. The van der Waals surface area contributed by atoms with Gasteiger partial charge in [-0.2, -0.15) is 0 Å². The van der Waals surface area contributed by atoms with Gasteiger partial charge in [-0.3, -0.25) is 4.79 Å². The van der Waals surface area contributed by atoms with Crippen molar-refractivity contribution in [1.82, 2.24) is 10.2 Å². The van der Waals surface area contributed by atoms with Crippen molar-refractivity contribution >= 4 is 17.7 Å². The zero-order chi connectivity index (χ0) is 15.7. The third kappa shape index (κ3) is 6.74. The molecular weight excluding hydrogens is 282 g/mol. The molecule has 4 nitrogen and oxygen atoms in total. The fourth-order valence-electron chi connectivity index (χ4n) is 2.68. The summed E-state index contributed by atoms with van der Waals surface area (Å²) in [5.41, 5.74) is 6.98. The number of carbonyl (C=O) groups excluding carboxylic acids is 1. The largest absolute Gasteiger partial charge is 0.401 e. The number of carbonyl (C=O) groups is 1. The quantitative estimate of drug-likeness (QED) is 0.838. The summed E-state index contributed by atoms with van der Waals surface area (Å²) in [6.45, 7) is 5.90. The third-order valence-corrected chi connectivity index (χ3v) is 5.03. The lowest BCUT2D eigenvalue weighted by Crippen LogP contribution is -2.37. The second-order valence-electron chi connectivity index (χ2n) is 5.63. The average Bonchev–Trinajstić information content (AvgIpc) is 2.51. The molecule has 1 fully saturated rings. The highest BCUT2D eigenvalue weighted by Gasteiger charge is 2.18. The lowest BCUT2D eigenvalue weighted by Gasteiger charge is -2.26. The summed E-state index contributed by atoms with van der Waals surface area (Å²) in [6.07, 6.45) is 7.02. The van der Waals surface area contributed by atoms with Gasteiger partial charge in [0.05, 0.1) is 5.75 Å². The van der Waals surface area contributed by atoms with E-state index in [4.69, 9.17) is 5.73 Å². The maximum absolute atomic E-state index is 11.9. The van der Waals surface area contributed by atoms with Gasteiger partial charge >= 0.3 is 0 Å². The first-order valence-electron chi connectivity index (χ1n) is 8.23. The average molecular weight is 314 g/mol. The van der Waals surface area contributed by atoms with Gasteiger partial charge in [-0.25, -0.2) is 0 Å². The maximum atomic E-state index is 11.9. The molecule has 21 heavy (non-hydrogen) atoms. The van der Waals surface area contributed by atoms with Crippen LogP contribution in [-0.2, 0) is 4.79 Å². The third-order valence-electron chi connectivity index (χ3n) is 3.88. The summed E-state index contributed by atoms with van der Waals surface area (Å²) in [7, 11) is 2.09. The van der Waals surface area contributed by atoms with Crippen LogP contribution in [0.2, 0.25) is 0 Å². The number of likely N-dealkylation sites (N-methyl/N-ethyl adjacent to an activating group) is 1. The number of nitrogens with two attached hydrogens (primary N) is 1. The Labute approximate surface area is 133 Å². The van der Waals surface area contributed by atoms with Crippen molar-refractivity contribution in [2.45, 2.75) is 58.4 Å². The number of amides is 1. The van der Waals surface area contributed by atoms with Crippen LogP contribution in [0.15, 0.2) is 10.6 Å². The van der Waals surface area contributed by atoms with E-state index in [0.717, 1.165) is 38.0 Å². The molecule has 0 atom stereocenters. The van der Waals surface area contributed by atoms with Crippen LogP contribution in [0.4, 0.5) is 0 Å². The van der Waals surface area contributed by atoms with E-state index < -0.39 is 0 Å². The second-order valence-corrected chi connectivity index (χ2v) is 6.70. The van der Waals surface area contributed by atoms with E-state index in [1.165, 1.54) is 24.2 Å². The molecular formula is C16H31N3OS. The number of hydrogen-bond acceptors (Lipinski definition) is 4. The Morgan fingerprint density at radius 3 is 2.67 bits per heavy atom. The first kappa shape index (κ1) is 18.4. The van der Waals surface area contributed by atoms with Crippen molar-refractivity contribution in [3.05, 3.63) is 10.6 Å². The van der Waals surface area contributed by atoms with E-state index in [9.17, 15) is 4.79 Å². The smallest absolute Gasteiger partial charge is 0.230 e. The fourth-order valence-corrected chi connectivity index (χ4v) is 3.67. The molecule has 1 aliphatic heterocycles. The van der Waals surface area contributed by atoms with Crippen molar-refractivity contribution in [3.63, 3.8) is 0 Å². The van der Waals surface area contributed by atoms with Crippen LogP contribution >= 0.6 is 11.8 Å². The topological polar surface area (TPSA) is 58.4 Å². The van der Waals surface area contributed by atoms with E-state index in [2.05, 4.69) is 17.3 Å². The van der Waals surface area contributed by atoms with Gasteiger partial charge in [0.2, 0.25) is 5.91 Å². The normalized spacial score (nSPS) is 20.7. The highest BCUT2D eigenvalue weighted by molar-refractivity contribution is 8.03. The van der Waals surface area contributed by atoms with Gasteiger partial charge in [0, 0.05) is 36.2 Å². The molecule has 0 saturated heterocycles. The first-order chi connectivity index (χ1) is 10.1. The minimum absolute atomic E-state index is 0.158. The summed E-state index contributed by atoms with van der Waals surface area (Å²) in [4.78, 5) is 15.4. The predicted octanol–water partition coefficient (Wildman–Crippen LogP) is 2.70. The number of hydrogen-bond donors (Lipinski definition) is 2. The number of nitrogens with one attached hydrogen (secondary N) is 1. The van der Waals surface area contributed by atoms with Crippen LogP contribution in [0.3, 0.4) is 0 Å². The molecule has 2 rings (SSSR count). The maximum Gasteiger partial charge on any atom is 0.230 e. The number of rotatable bonds is 4. The van der Waals surface area contributed by atoms with Crippen LogP contribution < -0.4 is 11.1 Å². The van der Waals surface area contributed by atoms with Crippen LogP contribution in [-0.4, -0.2) is 42.7 Å². The highest BCUT2D eigenvalue weighted by Crippen LogP contribution is 2.24. The Bertz CT molecular complexity index is 351. The summed E-state index contributed by atoms with van der Waals surface area (Å²) in [5.74, 6) is 0.658. The minimum Gasteiger partial charge on any atom is -0.401 e. The van der Waals surface area contributed by atoms with E-state index in [-0.39, 0.29) is 5.91 Å². The molecule has 1 amide bonds. The first-order valence-corrected chi connectivity index (χ1v) is 9.22. The molecule has 1 saturated carbocycles. The van der Waals surface area contributed by atoms with Gasteiger partial charge < -0.3 is 16.0 Å². The van der Waals surface area contributed by atoms with Crippen LogP contribution in [0, 0.1) is 0 Å². The Balaban J connectivity index is 0.00000106. The monoisotopic (exact) mass is 313 g/mol. The lowest BCUT2D eigenvalue weighted by molar-refractivity contribution is -0.119. The molecule has 5 heteroatoms. The molecule has 0 bridgehead atoms. The lowest BCUT2D eigenvalue weighted by atomic mass is 9.95. The summed E-state index contributed by atoms with van der Waals surface area (Å²) in [6, 6.07) is 0.405. The number of thioether (sulfide) groups is 1. The molecule has 0 aromatic heterocycles. The van der Waals surface area contributed by atoms with Gasteiger partial charge in [-0.15, -0.1) is 11.8 Å². The molecule has 1 aliphatic carbocycles. The van der Waals surface area contributed by atoms with Crippen LogP contribution in [0.5, 0.6) is 0 Å². The fraction of sp³-hybridized carbons (Fsp3) is 0.812. The van der Waals surface area contributed by atoms with E-state index in [1.54, 1.807) is 11.8 Å². The van der Waals surface area contributed by atoms with Gasteiger partial charge in [0.25, 0.3) is 0 Å². The Morgan fingerprint density at radius 2 is 2.00 bits per heavy atom. The molecule has 0 aromatic carbocycles. The molecule has 3 N–H and O–H groups in total. The van der Waals surface area contributed by atoms with Gasteiger partial charge in [0.1, 0.15) is 0 Å². The van der Waals surface area contributed by atoms with Gasteiger partial charge in [-0.1, -0.05) is 33.1 Å². The van der Waals surface area contributed by atoms with Crippen molar-refractivity contribution in [1.29, 1.82) is 0 Å². The molecule has 0 aromatic rings. The molecule has 0 unspecified atom stereocenters. The molecule has 122 valence electrons. The van der Waals surface area contributed by atoms with Crippen molar-refractivity contribution in [3.8, 4) is 0 Å².